The fraction of sp³-hybridized carbons (Fsp3) is 0.417. The number of benzene rings is 1. The number of nitrogens with zero attached hydrogens (tertiary/aromatic N) is 2. The van der Waals surface area contributed by atoms with Crippen molar-refractivity contribution in [1.29, 1.82) is 5.26 Å². The molecule has 0 fully saturated rings. The number of hydrogen-bond donors (Lipinski definition) is 0. The van der Waals surface area contributed by atoms with Crippen LogP contribution in [0.4, 0.5) is 14.5 Å². The van der Waals surface area contributed by atoms with E-state index in [4.69, 9.17) is 5.26 Å². The Morgan fingerprint density at radius 2 is 1.88 bits per heavy atom. The van der Waals surface area contributed by atoms with Crippen molar-refractivity contribution in [2.75, 3.05) is 19.1 Å². The van der Waals surface area contributed by atoms with Crippen LogP contribution in [0.15, 0.2) is 12.1 Å². The number of nitriles is 1. The molecule has 17 heavy (non-hydrogen) atoms. The van der Waals surface area contributed by atoms with Gasteiger partial charge in [0.1, 0.15) is 11.4 Å². The highest BCUT2D eigenvalue weighted by Crippen LogP contribution is 2.30. The van der Waals surface area contributed by atoms with Gasteiger partial charge in [0.15, 0.2) is 11.6 Å². The molecular weight excluding hydrogens is 226 g/mol. The maximum Gasteiger partial charge on any atom is 0.167 e. The second-order valence-electron chi connectivity index (χ2n) is 4.17. The number of ether oxygens (including phenoxy) is 1. The maximum atomic E-state index is 13.7. The van der Waals surface area contributed by atoms with Crippen molar-refractivity contribution in [3.63, 3.8) is 0 Å². The quantitative estimate of drug-likeness (QED) is 0.815. The molecule has 1 aromatic carbocycles. The third kappa shape index (κ3) is 2.47. The molecule has 0 aliphatic heterocycles. The maximum absolute atomic E-state index is 13.7. The first-order valence-electron chi connectivity index (χ1n) is 5.01. The fourth-order valence-corrected chi connectivity index (χ4v) is 1.31. The van der Waals surface area contributed by atoms with Crippen LogP contribution in [-0.2, 0) is 0 Å². The molecule has 0 unspecified atom stereocenters. The molecular formula is C12H14F2N2O. The predicted molar refractivity (Wildman–Crippen MR) is 61.0 cm³/mol. The van der Waals surface area contributed by atoms with E-state index in [1.807, 2.05) is 6.07 Å². The standard InChI is InChI=1S/C12H14F2N2O/c1-12(2,7-15)16(3)10-5-9(14)11(17-4)6-8(10)13/h5-6H,1-4H3. The summed E-state index contributed by atoms with van der Waals surface area (Å²) in [7, 11) is 2.80. The summed E-state index contributed by atoms with van der Waals surface area (Å²) in [4.78, 5) is 1.38. The number of hydrogen-bond acceptors (Lipinski definition) is 3. The Kier molecular flexibility index (Phi) is 3.56. The van der Waals surface area contributed by atoms with E-state index in [1.165, 1.54) is 19.1 Å². The smallest absolute Gasteiger partial charge is 0.167 e. The molecule has 1 rings (SSSR count). The lowest BCUT2D eigenvalue weighted by Crippen LogP contribution is -2.40. The van der Waals surface area contributed by atoms with Gasteiger partial charge in [-0.1, -0.05) is 0 Å². The van der Waals surface area contributed by atoms with Crippen LogP contribution in [0.5, 0.6) is 5.75 Å². The van der Waals surface area contributed by atoms with Crippen LogP contribution in [0.25, 0.3) is 0 Å². The van der Waals surface area contributed by atoms with Crippen LogP contribution in [0.3, 0.4) is 0 Å². The summed E-state index contributed by atoms with van der Waals surface area (Å²) in [5, 5.41) is 8.95. The molecule has 3 nitrogen and oxygen atoms in total. The lowest BCUT2D eigenvalue weighted by Gasteiger charge is -2.31. The largest absolute Gasteiger partial charge is 0.494 e. The van der Waals surface area contributed by atoms with Gasteiger partial charge < -0.3 is 9.64 Å². The number of methoxy groups -OCH3 is 1. The third-order valence-corrected chi connectivity index (χ3v) is 2.69. The Morgan fingerprint density at radius 3 is 2.35 bits per heavy atom. The molecule has 0 saturated heterocycles. The molecule has 0 saturated carbocycles. The predicted octanol–water partition coefficient (Wildman–Crippen LogP) is 2.71. The number of anilines is 1. The molecule has 0 heterocycles. The van der Waals surface area contributed by atoms with Crippen molar-refractivity contribution < 1.29 is 13.5 Å². The topological polar surface area (TPSA) is 36.3 Å². The Hall–Kier alpha value is -1.83. The zero-order valence-corrected chi connectivity index (χ0v) is 10.2. The van der Waals surface area contributed by atoms with E-state index < -0.39 is 17.2 Å². The van der Waals surface area contributed by atoms with Gasteiger partial charge in [-0.15, -0.1) is 0 Å². The van der Waals surface area contributed by atoms with Gasteiger partial charge >= 0.3 is 0 Å². The molecule has 0 N–H and O–H groups in total. The highest BCUT2D eigenvalue weighted by molar-refractivity contribution is 5.54. The van der Waals surface area contributed by atoms with Crippen LogP contribution >= 0.6 is 0 Å². The molecule has 0 amide bonds. The summed E-state index contributed by atoms with van der Waals surface area (Å²) < 4.78 is 31.9. The van der Waals surface area contributed by atoms with Crippen LogP contribution in [0.1, 0.15) is 13.8 Å². The molecule has 0 aliphatic carbocycles. The second kappa shape index (κ2) is 4.58. The SMILES string of the molecule is COc1cc(F)c(N(C)C(C)(C)C#N)cc1F. The highest BCUT2D eigenvalue weighted by atomic mass is 19.1. The van der Waals surface area contributed by atoms with Gasteiger partial charge in [-0.3, -0.25) is 0 Å². The van der Waals surface area contributed by atoms with Crippen molar-refractivity contribution in [1.82, 2.24) is 0 Å². The molecule has 0 aliphatic rings. The fourth-order valence-electron chi connectivity index (χ4n) is 1.31. The average molecular weight is 240 g/mol. The molecule has 1 aromatic rings. The Balaban J connectivity index is 3.25. The van der Waals surface area contributed by atoms with Gasteiger partial charge in [-0.05, 0) is 13.8 Å². The highest BCUT2D eigenvalue weighted by Gasteiger charge is 2.26. The number of rotatable bonds is 3. The average Bonchev–Trinajstić information content (AvgIpc) is 2.30. The van der Waals surface area contributed by atoms with Gasteiger partial charge in [0, 0.05) is 19.2 Å². The minimum Gasteiger partial charge on any atom is -0.494 e. The van der Waals surface area contributed by atoms with E-state index in [-0.39, 0.29) is 11.4 Å². The third-order valence-electron chi connectivity index (χ3n) is 2.69. The van der Waals surface area contributed by atoms with Crippen molar-refractivity contribution in [2.24, 2.45) is 0 Å². The second-order valence-corrected chi connectivity index (χ2v) is 4.17. The van der Waals surface area contributed by atoms with Crippen LogP contribution in [0, 0.1) is 23.0 Å². The molecule has 0 spiro atoms. The first-order chi connectivity index (χ1) is 7.83. The normalized spacial score (nSPS) is 10.9. The van der Waals surface area contributed by atoms with Gasteiger partial charge in [-0.25, -0.2) is 8.78 Å². The Bertz CT molecular complexity index is 466. The van der Waals surface area contributed by atoms with Crippen LogP contribution < -0.4 is 9.64 Å². The van der Waals surface area contributed by atoms with E-state index in [1.54, 1.807) is 13.8 Å². The summed E-state index contributed by atoms with van der Waals surface area (Å²) in [5.41, 5.74) is -0.906. The minimum absolute atomic E-state index is 0.0230. The van der Waals surface area contributed by atoms with Crippen LogP contribution in [-0.4, -0.2) is 19.7 Å². The summed E-state index contributed by atoms with van der Waals surface area (Å²) in [6.45, 7) is 3.24. The Morgan fingerprint density at radius 1 is 1.29 bits per heavy atom. The van der Waals surface area contributed by atoms with E-state index in [0.29, 0.717) is 0 Å². The Labute approximate surface area is 99.2 Å². The van der Waals surface area contributed by atoms with Crippen molar-refractivity contribution in [2.45, 2.75) is 19.4 Å². The molecule has 0 atom stereocenters. The lowest BCUT2D eigenvalue weighted by molar-refractivity contribution is 0.382. The zero-order chi connectivity index (χ0) is 13.2. The molecule has 0 radical (unpaired) electrons. The minimum atomic E-state index is -0.929. The summed E-state index contributed by atoms with van der Waals surface area (Å²) in [6, 6.07) is 4.01. The van der Waals surface area contributed by atoms with E-state index in [0.717, 1.165) is 12.1 Å². The molecule has 0 aromatic heterocycles. The van der Waals surface area contributed by atoms with Gasteiger partial charge in [0.2, 0.25) is 0 Å². The van der Waals surface area contributed by atoms with Crippen LogP contribution in [0.2, 0.25) is 0 Å². The van der Waals surface area contributed by atoms with Crippen molar-refractivity contribution in [3.05, 3.63) is 23.8 Å². The molecule has 0 bridgehead atoms. The number of halogens is 2. The summed E-state index contributed by atoms with van der Waals surface area (Å²) in [5.74, 6) is -1.45. The summed E-state index contributed by atoms with van der Waals surface area (Å²) >= 11 is 0. The molecule has 92 valence electrons. The monoisotopic (exact) mass is 240 g/mol. The lowest BCUT2D eigenvalue weighted by atomic mass is 10.0. The van der Waals surface area contributed by atoms with Gasteiger partial charge in [0.25, 0.3) is 0 Å². The van der Waals surface area contributed by atoms with Crippen molar-refractivity contribution >= 4 is 5.69 Å². The van der Waals surface area contributed by atoms with Gasteiger partial charge in [0.05, 0.1) is 18.9 Å². The van der Waals surface area contributed by atoms with Crippen molar-refractivity contribution in [3.8, 4) is 11.8 Å². The summed E-state index contributed by atoms with van der Waals surface area (Å²) in [6.07, 6.45) is 0. The van der Waals surface area contributed by atoms with E-state index in [2.05, 4.69) is 4.74 Å². The van der Waals surface area contributed by atoms with E-state index >= 15 is 0 Å². The first-order valence-corrected chi connectivity index (χ1v) is 5.01. The molecule has 5 heteroatoms. The zero-order valence-electron chi connectivity index (χ0n) is 10.2. The first kappa shape index (κ1) is 13.2. The van der Waals surface area contributed by atoms with Gasteiger partial charge in [-0.2, -0.15) is 5.26 Å². The van der Waals surface area contributed by atoms with E-state index in [9.17, 15) is 8.78 Å².